The number of esters is 1. The Morgan fingerprint density at radius 3 is 1.47 bits per heavy atom. The normalized spacial score (nSPS) is 15.1. The highest BCUT2D eigenvalue weighted by atomic mass is 28.4. The summed E-state index contributed by atoms with van der Waals surface area (Å²) in [7, 11) is -3.28. The number of hydrogen-bond donors (Lipinski definition) is 1. The second-order valence-corrected chi connectivity index (χ2v) is 20.7. The van der Waals surface area contributed by atoms with E-state index < -0.39 is 16.6 Å². The van der Waals surface area contributed by atoms with Gasteiger partial charge in [0.05, 0.1) is 19.3 Å². The van der Waals surface area contributed by atoms with Crippen molar-refractivity contribution in [3.63, 3.8) is 0 Å². The molecule has 0 saturated carbocycles. The molecular weight excluding hydrogens is 436 g/mol. The predicted octanol–water partition coefficient (Wildman–Crippen LogP) is 7.10. The Morgan fingerprint density at radius 1 is 0.844 bits per heavy atom. The van der Waals surface area contributed by atoms with Crippen LogP contribution in [0, 0.1) is 0 Å². The number of hydrogen-bond acceptors (Lipinski definition) is 5. The molecule has 0 radical (unpaired) electrons. The molecular formula is C25H54O5Si2. The van der Waals surface area contributed by atoms with Gasteiger partial charge in [0.25, 0.3) is 0 Å². The molecule has 0 aliphatic heterocycles. The van der Waals surface area contributed by atoms with Crippen LogP contribution in [-0.2, 0) is 18.4 Å². The first-order valence-corrected chi connectivity index (χ1v) is 17.0. The van der Waals surface area contributed by atoms with E-state index in [0.29, 0.717) is 13.2 Å². The molecule has 0 heterocycles. The van der Waals surface area contributed by atoms with Gasteiger partial charge in [-0.15, -0.1) is 0 Å². The van der Waals surface area contributed by atoms with E-state index in [2.05, 4.69) is 67.7 Å². The van der Waals surface area contributed by atoms with Gasteiger partial charge in [-0.2, -0.15) is 0 Å². The Balaban J connectivity index is -0.000000519. The molecule has 0 spiro atoms. The maximum atomic E-state index is 10.7. The lowest BCUT2D eigenvalue weighted by Crippen LogP contribution is -2.40. The number of aliphatic hydroxyl groups is 1. The Bertz CT molecular complexity index is 568. The molecule has 7 heteroatoms. The van der Waals surface area contributed by atoms with E-state index in [1.807, 2.05) is 25.2 Å². The summed E-state index contributed by atoms with van der Waals surface area (Å²) in [6, 6.07) is 0. The third-order valence-electron chi connectivity index (χ3n) is 5.87. The van der Waals surface area contributed by atoms with Crippen LogP contribution in [0.4, 0.5) is 0 Å². The summed E-state index contributed by atoms with van der Waals surface area (Å²) < 4.78 is 16.8. The van der Waals surface area contributed by atoms with Crippen molar-refractivity contribution >= 4 is 22.6 Å². The molecule has 32 heavy (non-hydrogen) atoms. The van der Waals surface area contributed by atoms with Crippen LogP contribution in [-0.4, -0.2) is 53.1 Å². The topological polar surface area (TPSA) is 65.0 Å². The Morgan fingerprint density at radius 2 is 1.19 bits per heavy atom. The second-order valence-electron chi connectivity index (χ2n) is 11.1. The molecule has 0 fully saturated rings. The van der Waals surface area contributed by atoms with Crippen molar-refractivity contribution in [3.05, 3.63) is 24.3 Å². The molecule has 0 aromatic rings. The molecule has 0 aliphatic carbocycles. The fraction of sp³-hybridized carbons (Fsp3) is 0.800. The third-order valence-corrected chi connectivity index (χ3v) is 14.9. The average Bonchev–Trinajstić information content (AvgIpc) is 2.53. The number of carbonyl (C=O) groups is 1. The van der Waals surface area contributed by atoms with Gasteiger partial charge < -0.3 is 18.7 Å². The lowest BCUT2D eigenvalue weighted by Gasteiger charge is -2.35. The van der Waals surface area contributed by atoms with Gasteiger partial charge in [-0.1, -0.05) is 67.2 Å². The van der Waals surface area contributed by atoms with Gasteiger partial charge in [0.1, 0.15) is 6.10 Å². The largest absolute Gasteiger partial charge is 0.459 e. The van der Waals surface area contributed by atoms with Crippen LogP contribution in [0.25, 0.3) is 0 Å². The number of rotatable bonds is 9. The zero-order chi connectivity index (χ0) is 25.1. The fourth-order valence-corrected chi connectivity index (χ4v) is 3.64. The Hall–Kier alpha value is -0.736. The number of aliphatic hydroxyl groups excluding tert-OH is 1. The number of ether oxygens (including phenoxy) is 1. The van der Waals surface area contributed by atoms with Gasteiger partial charge in [0.2, 0.25) is 0 Å². The summed E-state index contributed by atoms with van der Waals surface area (Å²) in [5, 5.41) is 9.49. The van der Waals surface area contributed by atoms with Gasteiger partial charge in [0.15, 0.2) is 16.6 Å². The molecule has 0 aromatic heterocycles. The zero-order valence-electron chi connectivity index (χ0n) is 22.5. The van der Waals surface area contributed by atoms with E-state index in [0.717, 1.165) is 0 Å². The molecule has 0 aromatic carbocycles. The monoisotopic (exact) mass is 490 g/mol. The second kappa shape index (κ2) is 15.2. The van der Waals surface area contributed by atoms with E-state index in [1.54, 1.807) is 13.0 Å². The SMILES string of the molecule is C.CC(=O)O[C@H](C)/C=C\CO[Si](C)(C)C(C)(C)C.C[C@@H](O)/C=C\CO[Si](C)(C)C(C)(C)C. The van der Waals surface area contributed by atoms with Crippen molar-refractivity contribution in [3.8, 4) is 0 Å². The van der Waals surface area contributed by atoms with Crippen LogP contribution in [0.3, 0.4) is 0 Å². The van der Waals surface area contributed by atoms with Crippen LogP contribution in [0.1, 0.15) is 69.7 Å². The van der Waals surface area contributed by atoms with Crippen LogP contribution in [0.5, 0.6) is 0 Å². The van der Waals surface area contributed by atoms with Gasteiger partial charge >= 0.3 is 5.97 Å². The molecule has 0 unspecified atom stereocenters. The molecule has 0 saturated heterocycles. The summed E-state index contributed by atoms with van der Waals surface area (Å²) in [4.78, 5) is 10.7. The minimum atomic E-state index is -1.67. The smallest absolute Gasteiger partial charge is 0.303 e. The molecule has 192 valence electrons. The highest BCUT2D eigenvalue weighted by Crippen LogP contribution is 2.37. The van der Waals surface area contributed by atoms with Gasteiger partial charge in [-0.3, -0.25) is 4.79 Å². The van der Waals surface area contributed by atoms with E-state index in [1.165, 1.54) is 6.92 Å². The van der Waals surface area contributed by atoms with Crippen LogP contribution < -0.4 is 0 Å². The van der Waals surface area contributed by atoms with Crippen LogP contribution in [0.2, 0.25) is 36.3 Å². The summed E-state index contributed by atoms with van der Waals surface area (Å²) in [5.74, 6) is -0.257. The zero-order valence-corrected chi connectivity index (χ0v) is 24.5. The highest BCUT2D eigenvalue weighted by Gasteiger charge is 2.37. The fourth-order valence-electron chi connectivity index (χ4n) is 1.75. The summed E-state index contributed by atoms with van der Waals surface area (Å²) in [5.41, 5.74) is 0. The van der Waals surface area contributed by atoms with Crippen molar-refractivity contribution < 1.29 is 23.5 Å². The minimum Gasteiger partial charge on any atom is -0.459 e. The quantitative estimate of drug-likeness (QED) is 0.212. The van der Waals surface area contributed by atoms with Crippen molar-refractivity contribution in [1.82, 2.24) is 0 Å². The van der Waals surface area contributed by atoms with Crippen molar-refractivity contribution in [2.24, 2.45) is 0 Å². The Labute approximate surface area is 201 Å². The molecule has 0 rings (SSSR count). The molecule has 2 atom stereocenters. The minimum absolute atomic E-state index is 0. The van der Waals surface area contributed by atoms with Gasteiger partial charge in [0, 0.05) is 6.92 Å². The summed E-state index contributed by atoms with van der Waals surface area (Å²) in [6.07, 6.45) is 6.87. The lowest BCUT2D eigenvalue weighted by atomic mass is 10.2. The molecule has 0 aliphatic rings. The first kappa shape index (κ1) is 35.8. The van der Waals surface area contributed by atoms with E-state index >= 15 is 0 Å². The molecule has 0 bridgehead atoms. The van der Waals surface area contributed by atoms with E-state index in [9.17, 15) is 4.79 Å². The first-order valence-electron chi connectivity index (χ1n) is 11.2. The van der Waals surface area contributed by atoms with Gasteiger partial charge in [-0.05, 0) is 56.2 Å². The van der Waals surface area contributed by atoms with Crippen LogP contribution >= 0.6 is 0 Å². The maximum absolute atomic E-state index is 10.7. The first-order chi connectivity index (χ1) is 13.7. The van der Waals surface area contributed by atoms with Crippen molar-refractivity contribution in [2.45, 2.75) is 118 Å². The van der Waals surface area contributed by atoms with E-state index in [-0.39, 0.29) is 35.7 Å². The average molecular weight is 491 g/mol. The van der Waals surface area contributed by atoms with Gasteiger partial charge in [-0.25, -0.2) is 0 Å². The van der Waals surface area contributed by atoms with Crippen molar-refractivity contribution in [1.29, 1.82) is 0 Å². The Kier molecular flexibility index (Phi) is 17.0. The lowest BCUT2D eigenvalue weighted by molar-refractivity contribution is -0.143. The molecule has 0 amide bonds. The maximum Gasteiger partial charge on any atom is 0.303 e. The van der Waals surface area contributed by atoms with Crippen LogP contribution in [0.15, 0.2) is 24.3 Å². The number of carbonyl (C=O) groups excluding carboxylic acids is 1. The third kappa shape index (κ3) is 16.8. The highest BCUT2D eigenvalue weighted by molar-refractivity contribution is 6.74. The summed E-state index contributed by atoms with van der Waals surface area (Å²) >= 11 is 0. The standard InChI is InChI=1S/C13H26O3Si.C11H24O2Si.CH4/c1-11(16-12(2)14)9-8-10-15-17(6,7)13(3,4)5;1-10(12)8-7-9-13-14(5,6)11(2,3)4;/h8-9,11H,10H2,1-7H3;7-8,10,12H,9H2,1-6H3;1H4/b9-8-;8-7-;/t11-;10-;/m11./s1. The molecule has 5 nitrogen and oxygen atoms in total. The van der Waals surface area contributed by atoms with E-state index in [4.69, 9.17) is 18.7 Å². The van der Waals surface area contributed by atoms with Crippen molar-refractivity contribution in [2.75, 3.05) is 13.2 Å². The predicted molar refractivity (Wildman–Crippen MR) is 144 cm³/mol. The summed E-state index contributed by atoms with van der Waals surface area (Å²) in [6.45, 7) is 28.4. The molecule has 1 N–H and O–H groups in total.